The molecule has 0 saturated carbocycles. The van der Waals surface area contributed by atoms with Gasteiger partial charge in [0.2, 0.25) is 3.79 Å². The molecule has 7 nitrogen and oxygen atoms in total. The molecule has 0 aromatic carbocycles. The summed E-state index contributed by atoms with van der Waals surface area (Å²) in [6.07, 6.45) is 7.33. The largest absolute Gasteiger partial charge is 0.372 e. The van der Waals surface area contributed by atoms with Gasteiger partial charge in [-0.2, -0.15) is 14.5 Å². The summed E-state index contributed by atoms with van der Waals surface area (Å²) in [4.78, 5) is 20.2. The van der Waals surface area contributed by atoms with E-state index >= 15 is 0 Å². The first-order chi connectivity index (χ1) is 10.4. The molecule has 0 unspecified atom stereocenters. The Morgan fingerprint density at radius 3 is 2.64 bits per heavy atom. The van der Waals surface area contributed by atoms with Crippen molar-refractivity contribution in [1.29, 1.82) is 0 Å². The van der Waals surface area contributed by atoms with Crippen LogP contribution < -0.4 is 0 Å². The fourth-order valence-corrected chi connectivity index (χ4v) is 2.26. The van der Waals surface area contributed by atoms with Crippen LogP contribution in [0.25, 0.3) is 0 Å². The third kappa shape index (κ3) is 4.18. The van der Waals surface area contributed by atoms with Crippen LogP contribution in [0.2, 0.25) is 0 Å². The number of alkyl halides is 3. The van der Waals surface area contributed by atoms with Crippen LogP contribution in [0, 0.1) is 0 Å². The first-order valence-electron chi connectivity index (χ1n) is 6.86. The molecule has 22 heavy (non-hydrogen) atoms. The average molecular weight is 366 g/mol. The molecule has 0 fully saturated rings. The third-order valence-electron chi connectivity index (χ3n) is 2.95. The Labute approximate surface area is 142 Å². The Balaban J connectivity index is 2.23. The minimum absolute atomic E-state index is 0.0523. The van der Waals surface area contributed by atoms with E-state index in [9.17, 15) is 4.79 Å². The van der Waals surface area contributed by atoms with Gasteiger partial charge in [-0.05, 0) is 6.42 Å². The van der Waals surface area contributed by atoms with Gasteiger partial charge < -0.3 is 0 Å². The minimum Gasteiger partial charge on any atom is -0.243 e. The second-order valence-electron chi connectivity index (χ2n) is 4.69. The van der Waals surface area contributed by atoms with Crippen molar-refractivity contribution in [3.8, 4) is 0 Å². The van der Waals surface area contributed by atoms with Gasteiger partial charge >= 0.3 is 6.03 Å². The first kappa shape index (κ1) is 17.2. The van der Waals surface area contributed by atoms with Gasteiger partial charge in [-0.1, -0.05) is 61.0 Å². The zero-order valence-corrected chi connectivity index (χ0v) is 14.2. The first-order valence-corrected chi connectivity index (χ1v) is 7.99. The Kier molecular flexibility index (Phi) is 5.77. The standard InChI is InChI=1S/C12H15Cl3N6O/c1-2-3-4-5-6-9-18-10(12(13,14)15)21(19-9)11(22)20-8-16-7-17-20/h7-8H,2-6H2,1H3. The fraction of sp³-hybridized carbons (Fsp3) is 0.583. The minimum atomic E-state index is -1.86. The lowest BCUT2D eigenvalue weighted by molar-refractivity contribution is 0.237. The molecular weight excluding hydrogens is 351 g/mol. The van der Waals surface area contributed by atoms with Gasteiger partial charge in [0, 0.05) is 6.42 Å². The normalized spacial score (nSPS) is 11.8. The van der Waals surface area contributed by atoms with Crippen LogP contribution in [-0.2, 0) is 10.2 Å². The Hall–Kier alpha value is -1.18. The Morgan fingerprint density at radius 2 is 2.05 bits per heavy atom. The molecule has 0 spiro atoms. The van der Waals surface area contributed by atoms with Crippen LogP contribution in [0.1, 0.15) is 44.3 Å². The van der Waals surface area contributed by atoms with Crippen LogP contribution >= 0.6 is 34.8 Å². The van der Waals surface area contributed by atoms with Crippen molar-refractivity contribution in [2.24, 2.45) is 0 Å². The molecule has 0 atom stereocenters. The molecule has 10 heteroatoms. The van der Waals surface area contributed by atoms with E-state index in [-0.39, 0.29) is 5.82 Å². The van der Waals surface area contributed by atoms with Crippen molar-refractivity contribution >= 4 is 40.8 Å². The number of carbonyl (C=O) groups excluding carboxylic acids is 1. The lowest BCUT2D eigenvalue weighted by Gasteiger charge is -2.10. The van der Waals surface area contributed by atoms with Crippen molar-refractivity contribution in [3.63, 3.8) is 0 Å². The van der Waals surface area contributed by atoms with Crippen molar-refractivity contribution in [2.75, 3.05) is 0 Å². The molecule has 2 rings (SSSR count). The zero-order chi connectivity index (χ0) is 16.2. The van der Waals surface area contributed by atoms with E-state index < -0.39 is 9.82 Å². The van der Waals surface area contributed by atoms with Crippen molar-refractivity contribution < 1.29 is 4.79 Å². The molecule has 0 bridgehead atoms. The second-order valence-corrected chi connectivity index (χ2v) is 6.98. The topological polar surface area (TPSA) is 78.5 Å². The summed E-state index contributed by atoms with van der Waals surface area (Å²) in [5, 5.41) is 7.89. The van der Waals surface area contributed by atoms with Crippen LogP contribution in [0.15, 0.2) is 12.7 Å². The maximum atomic E-state index is 12.3. The van der Waals surface area contributed by atoms with Gasteiger partial charge in [0.15, 0.2) is 11.6 Å². The van der Waals surface area contributed by atoms with Gasteiger partial charge in [-0.3, -0.25) is 0 Å². The summed E-state index contributed by atoms with van der Waals surface area (Å²) in [5.74, 6) is 0.411. The summed E-state index contributed by atoms with van der Waals surface area (Å²) >= 11 is 17.6. The fourth-order valence-electron chi connectivity index (χ4n) is 1.89. The Bertz CT molecular complexity index is 619. The molecule has 0 aliphatic carbocycles. The lowest BCUT2D eigenvalue weighted by atomic mass is 10.1. The third-order valence-corrected chi connectivity index (χ3v) is 3.46. The molecule has 120 valence electrons. The van der Waals surface area contributed by atoms with Gasteiger partial charge in [-0.25, -0.2) is 14.8 Å². The smallest absolute Gasteiger partial charge is 0.243 e. The van der Waals surface area contributed by atoms with E-state index in [1.807, 2.05) is 0 Å². The molecule has 2 heterocycles. The van der Waals surface area contributed by atoms with Gasteiger partial charge in [0.25, 0.3) is 0 Å². The predicted octanol–water partition coefficient (Wildman–Crippen LogP) is 3.34. The number of hydrogen-bond acceptors (Lipinski definition) is 5. The van der Waals surface area contributed by atoms with E-state index in [4.69, 9.17) is 34.8 Å². The van der Waals surface area contributed by atoms with E-state index in [1.54, 1.807) is 0 Å². The second kappa shape index (κ2) is 7.39. The summed E-state index contributed by atoms with van der Waals surface area (Å²) in [6, 6.07) is -0.605. The summed E-state index contributed by atoms with van der Waals surface area (Å²) in [6.45, 7) is 2.13. The van der Waals surface area contributed by atoms with Crippen LogP contribution in [-0.4, -0.2) is 35.6 Å². The number of carbonyl (C=O) groups is 1. The van der Waals surface area contributed by atoms with Crippen molar-refractivity contribution in [2.45, 2.75) is 42.8 Å². The number of nitrogens with zero attached hydrogens (tertiary/aromatic N) is 6. The molecule has 0 N–H and O–H groups in total. The number of rotatable bonds is 5. The highest BCUT2D eigenvalue weighted by Crippen LogP contribution is 2.37. The SMILES string of the molecule is CCCCCCc1nc(C(Cl)(Cl)Cl)n(C(=O)n2cncn2)n1. The maximum absolute atomic E-state index is 12.3. The van der Waals surface area contributed by atoms with Gasteiger partial charge in [0.05, 0.1) is 0 Å². The molecule has 0 saturated heterocycles. The van der Waals surface area contributed by atoms with Gasteiger partial charge in [-0.15, -0.1) is 5.10 Å². The molecule has 0 radical (unpaired) electrons. The highest BCUT2D eigenvalue weighted by Gasteiger charge is 2.33. The predicted molar refractivity (Wildman–Crippen MR) is 83.3 cm³/mol. The number of aryl methyl sites for hydroxylation is 1. The summed E-state index contributed by atoms with van der Waals surface area (Å²) < 4.78 is 0.0944. The molecule has 2 aromatic heterocycles. The van der Waals surface area contributed by atoms with Crippen molar-refractivity contribution in [1.82, 2.24) is 29.5 Å². The van der Waals surface area contributed by atoms with E-state index in [2.05, 4.69) is 27.1 Å². The van der Waals surface area contributed by atoms with Crippen LogP contribution in [0.4, 0.5) is 4.79 Å². The van der Waals surface area contributed by atoms with E-state index in [0.717, 1.165) is 35.0 Å². The lowest BCUT2D eigenvalue weighted by Crippen LogP contribution is -2.26. The summed E-state index contributed by atoms with van der Waals surface area (Å²) in [5.41, 5.74) is 0. The summed E-state index contributed by atoms with van der Waals surface area (Å²) in [7, 11) is 0. The van der Waals surface area contributed by atoms with E-state index in [1.165, 1.54) is 12.7 Å². The van der Waals surface area contributed by atoms with Crippen LogP contribution in [0.3, 0.4) is 0 Å². The number of unbranched alkanes of at least 4 members (excludes halogenated alkanes) is 3. The Morgan fingerprint density at radius 1 is 1.27 bits per heavy atom. The number of aromatic nitrogens is 6. The molecular formula is C12H15Cl3N6O. The highest BCUT2D eigenvalue weighted by molar-refractivity contribution is 6.66. The maximum Gasteiger partial charge on any atom is 0.372 e. The van der Waals surface area contributed by atoms with Gasteiger partial charge in [0.1, 0.15) is 12.7 Å². The van der Waals surface area contributed by atoms with E-state index in [0.29, 0.717) is 12.2 Å². The number of halogens is 3. The zero-order valence-electron chi connectivity index (χ0n) is 11.9. The molecule has 0 aliphatic rings. The monoisotopic (exact) mass is 364 g/mol. The van der Waals surface area contributed by atoms with Crippen LogP contribution in [0.5, 0.6) is 0 Å². The van der Waals surface area contributed by atoms with Crippen molar-refractivity contribution in [3.05, 3.63) is 24.3 Å². The molecule has 0 aliphatic heterocycles. The quantitative estimate of drug-likeness (QED) is 0.600. The molecule has 2 aromatic rings. The average Bonchev–Trinajstić information content (AvgIpc) is 3.11. The number of hydrogen-bond donors (Lipinski definition) is 0. The molecule has 0 amide bonds. The highest BCUT2D eigenvalue weighted by atomic mass is 35.6.